The Labute approximate surface area is 219 Å². The van der Waals surface area contributed by atoms with Crippen molar-refractivity contribution in [1.29, 1.82) is 0 Å². The molecule has 0 aromatic heterocycles. The molecular formula is C26H36ClN3O5S. The SMILES string of the molecule is CCCCNC(=O)C(CC)N(Cc1cccc(OC)c1)C(=O)CN(c1cc(Cl)ccc1C)S(C)(=O)=O. The molecule has 2 amide bonds. The number of methoxy groups -OCH3 is 1. The van der Waals surface area contributed by atoms with E-state index in [9.17, 15) is 18.0 Å². The molecule has 0 aliphatic heterocycles. The summed E-state index contributed by atoms with van der Waals surface area (Å²) in [6.45, 7) is 5.75. The summed E-state index contributed by atoms with van der Waals surface area (Å²) >= 11 is 6.14. The molecular weight excluding hydrogens is 502 g/mol. The van der Waals surface area contributed by atoms with Gasteiger partial charge in [-0.25, -0.2) is 8.42 Å². The van der Waals surface area contributed by atoms with Crippen LogP contribution in [0.15, 0.2) is 42.5 Å². The van der Waals surface area contributed by atoms with Crippen molar-refractivity contribution in [3.8, 4) is 5.75 Å². The number of hydrogen-bond donors (Lipinski definition) is 1. The van der Waals surface area contributed by atoms with Crippen LogP contribution >= 0.6 is 11.6 Å². The lowest BCUT2D eigenvalue weighted by Crippen LogP contribution is -2.52. The van der Waals surface area contributed by atoms with Crippen molar-refractivity contribution in [2.75, 3.05) is 30.8 Å². The molecule has 1 unspecified atom stereocenters. The summed E-state index contributed by atoms with van der Waals surface area (Å²) in [6, 6.07) is 11.3. The second kappa shape index (κ2) is 13.5. The van der Waals surface area contributed by atoms with Crippen LogP contribution in [-0.2, 0) is 26.2 Å². The number of halogens is 1. The predicted octanol–water partition coefficient (Wildman–Crippen LogP) is 4.15. The minimum Gasteiger partial charge on any atom is -0.497 e. The van der Waals surface area contributed by atoms with Gasteiger partial charge in [0, 0.05) is 18.1 Å². The Kier molecular flexibility index (Phi) is 11.0. The van der Waals surface area contributed by atoms with Crippen molar-refractivity contribution in [3.63, 3.8) is 0 Å². The molecule has 0 fully saturated rings. The smallest absolute Gasteiger partial charge is 0.244 e. The highest BCUT2D eigenvalue weighted by molar-refractivity contribution is 7.92. The number of anilines is 1. The van der Waals surface area contributed by atoms with Gasteiger partial charge >= 0.3 is 0 Å². The van der Waals surface area contributed by atoms with Gasteiger partial charge in [-0.2, -0.15) is 0 Å². The van der Waals surface area contributed by atoms with E-state index in [1.807, 2.05) is 19.9 Å². The van der Waals surface area contributed by atoms with Crippen molar-refractivity contribution in [3.05, 3.63) is 58.6 Å². The largest absolute Gasteiger partial charge is 0.497 e. The Balaban J connectivity index is 2.46. The average molecular weight is 538 g/mol. The summed E-state index contributed by atoms with van der Waals surface area (Å²) in [5.74, 6) is -0.153. The fraction of sp³-hybridized carbons (Fsp3) is 0.462. The van der Waals surface area contributed by atoms with Gasteiger partial charge in [-0.15, -0.1) is 0 Å². The molecule has 0 spiro atoms. The predicted molar refractivity (Wildman–Crippen MR) is 144 cm³/mol. The summed E-state index contributed by atoms with van der Waals surface area (Å²) in [7, 11) is -2.28. The maximum atomic E-state index is 13.7. The zero-order valence-electron chi connectivity index (χ0n) is 21.6. The zero-order valence-corrected chi connectivity index (χ0v) is 23.2. The summed E-state index contributed by atoms with van der Waals surface area (Å²) < 4.78 is 31.9. The van der Waals surface area contributed by atoms with Crippen LogP contribution in [-0.4, -0.2) is 57.6 Å². The molecule has 0 bridgehead atoms. The van der Waals surface area contributed by atoms with Gasteiger partial charge in [0.2, 0.25) is 21.8 Å². The van der Waals surface area contributed by atoms with Crippen LogP contribution in [0.3, 0.4) is 0 Å². The lowest BCUT2D eigenvalue weighted by atomic mass is 10.1. The van der Waals surface area contributed by atoms with E-state index >= 15 is 0 Å². The molecule has 198 valence electrons. The number of aryl methyl sites for hydroxylation is 1. The molecule has 36 heavy (non-hydrogen) atoms. The van der Waals surface area contributed by atoms with E-state index in [1.54, 1.807) is 44.4 Å². The van der Waals surface area contributed by atoms with Gasteiger partial charge in [-0.1, -0.05) is 50.1 Å². The number of nitrogens with one attached hydrogen (secondary N) is 1. The highest BCUT2D eigenvalue weighted by Crippen LogP contribution is 2.27. The Morgan fingerprint density at radius 1 is 1.14 bits per heavy atom. The molecule has 8 nitrogen and oxygen atoms in total. The topological polar surface area (TPSA) is 96.0 Å². The van der Waals surface area contributed by atoms with E-state index < -0.39 is 28.5 Å². The monoisotopic (exact) mass is 537 g/mol. The molecule has 2 aromatic rings. The second-order valence-electron chi connectivity index (χ2n) is 8.64. The molecule has 10 heteroatoms. The Bertz CT molecular complexity index is 1160. The first-order valence-electron chi connectivity index (χ1n) is 12.0. The standard InChI is InChI=1S/C26H36ClN3O5S/c1-6-8-14-28-26(32)23(7-2)29(17-20-10-9-11-22(15-20)35-4)25(31)18-30(36(5,33)34)24-16-21(27)13-12-19(24)3/h9-13,15-16,23H,6-8,14,17-18H2,1-5H3,(H,28,32). The minimum atomic E-state index is -3.83. The molecule has 1 N–H and O–H groups in total. The van der Waals surface area contributed by atoms with Crippen LogP contribution in [0, 0.1) is 6.92 Å². The summed E-state index contributed by atoms with van der Waals surface area (Å²) in [4.78, 5) is 28.3. The fourth-order valence-corrected chi connectivity index (χ4v) is 4.90. The van der Waals surface area contributed by atoms with Crippen molar-refractivity contribution in [2.45, 2.75) is 52.6 Å². The second-order valence-corrected chi connectivity index (χ2v) is 11.0. The minimum absolute atomic E-state index is 0.113. The van der Waals surface area contributed by atoms with E-state index in [-0.39, 0.29) is 12.5 Å². The van der Waals surface area contributed by atoms with Gasteiger partial charge in [0.25, 0.3) is 0 Å². The average Bonchev–Trinajstić information content (AvgIpc) is 2.83. The van der Waals surface area contributed by atoms with Gasteiger partial charge in [0.15, 0.2) is 0 Å². The molecule has 0 saturated carbocycles. The zero-order chi connectivity index (χ0) is 26.9. The number of nitrogens with zero attached hydrogens (tertiary/aromatic N) is 2. The van der Waals surface area contributed by atoms with Gasteiger partial charge in [0.1, 0.15) is 18.3 Å². The highest BCUT2D eigenvalue weighted by atomic mass is 35.5. The Morgan fingerprint density at radius 3 is 2.47 bits per heavy atom. The normalized spacial score (nSPS) is 12.1. The number of unbranched alkanes of at least 4 members (excludes halogenated alkanes) is 1. The Hall–Kier alpha value is -2.78. The maximum absolute atomic E-state index is 13.7. The number of rotatable bonds is 13. The third kappa shape index (κ3) is 8.13. The van der Waals surface area contributed by atoms with E-state index in [4.69, 9.17) is 16.3 Å². The van der Waals surface area contributed by atoms with Crippen LogP contribution < -0.4 is 14.4 Å². The number of hydrogen-bond acceptors (Lipinski definition) is 5. The first-order valence-corrected chi connectivity index (χ1v) is 14.2. The Morgan fingerprint density at radius 2 is 1.86 bits per heavy atom. The number of benzene rings is 2. The summed E-state index contributed by atoms with van der Waals surface area (Å²) in [5, 5.41) is 3.26. The first kappa shape index (κ1) is 29.5. The van der Waals surface area contributed by atoms with Crippen LogP contribution in [0.1, 0.15) is 44.2 Å². The van der Waals surface area contributed by atoms with Crippen LogP contribution in [0.2, 0.25) is 5.02 Å². The third-order valence-corrected chi connectivity index (χ3v) is 7.18. The number of carbonyl (C=O) groups is 2. The highest BCUT2D eigenvalue weighted by Gasteiger charge is 2.32. The molecule has 0 saturated heterocycles. The number of sulfonamides is 1. The van der Waals surface area contributed by atoms with E-state index in [2.05, 4.69) is 5.32 Å². The molecule has 2 aromatic carbocycles. The van der Waals surface area contributed by atoms with Gasteiger partial charge in [0.05, 0.1) is 19.1 Å². The van der Waals surface area contributed by atoms with Crippen LogP contribution in [0.5, 0.6) is 5.75 Å². The van der Waals surface area contributed by atoms with E-state index in [1.165, 1.54) is 11.0 Å². The molecule has 0 aliphatic rings. The van der Waals surface area contributed by atoms with Crippen molar-refractivity contribution in [1.82, 2.24) is 10.2 Å². The summed E-state index contributed by atoms with van der Waals surface area (Å²) in [6.07, 6.45) is 3.15. The van der Waals surface area contributed by atoms with Crippen molar-refractivity contribution >= 4 is 39.1 Å². The van der Waals surface area contributed by atoms with Crippen molar-refractivity contribution in [2.24, 2.45) is 0 Å². The molecule has 1 atom stereocenters. The quantitative estimate of drug-likeness (QED) is 0.387. The first-order chi connectivity index (χ1) is 17.0. The van der Waals surface area contributed by atoms with Crippen molar-refractivity contribution < 1.29 is 22.7 Å². The third-order valence-electron chi connectivity index (χ3n) is 5.82. The molecule has 2 rings (SSSR count). The summed E-state index contributed by atoms with van der Waals surface area (Å²) in [5.41, 5.74) is 1.73. The number of amides is 2. The maximum Gasteiger partial charge on any atom is 0.244 e. The van der Waals surface area contributed by atoms with Crippen LogP contribution in [0.25, 0.3) is 0 Å². The van der Waals surface area contributed by atoms with Gasteiger partial charge < -0.3 is 15.0 Å². The molecule has 0 aliphatic carbocycles. The van der Waals surface area contributed by atoms with E-state index in [0.29, 0.717) is 35.0 Å². The number of ether oxygens (including phenoxy) is 1. The molecule has 0 heterocycles. The van der Waals surface area contributed by atoms with Gasteiger partial charge in [-0.3, -0.25) is 13.9 Å². The van der Waals surface area contributed by atoms with E-state index in [0.717, 1.165) is 29.0 Å². The van der Waals surface area contributed by atoms with Gasteiger partial charge in [-0.05, 0) is 55.2 Å². The van der Waals surface area contributed by atoms with Crippen LogP contribution in [0.4, 0.5) is 5.69 Å². The lowest BCUT2D eigenvalue weighted by molar-refractivity contribution is -0.140. The number of carbonyl (C=O) groups excluding carboxylic acids is 2. The molecule has 0 radical (unpaired) electrons. The fourth-order valence-electron chi connectivity index (χ4n) is 3.84. The lowest BCUT2D eigenvalue weighted by Gasteiger charge is -2.33.